The number of anilines is 1. The number of carbonyl (C=O) groups is 1. The van der Waals surface area contributed by atoms with Crippen molar-refractivity contribution < 1.29 is 4.79 Å². The number of rotatable bonds is 1. The van der Waals surface area contributed by atoms with Crippen molar-refractivity contribution in [2.75, 3.05) is 4.90 Å². The van der Waals surface area contributed by atoms with Crippen LogP contribution in [0.1, 0.15) is 24.4 Å². The number of fused-ring (bicyclic) bond motifs is 3. The topological polar surface area (TPSA) is 46.3 Å². The third kappa shape index (κ3) is 1.60. The number of amides is 1. The van der Waals surface area contributed by atoms with Crippen molar-refractivity contribution in [2.24, 2.45) is 5.73 Å². The van der Waals surface area contributed by atoms with Gasteiger partial charge in [-0.25, -0.2) is 0 Å². The lowest BCUT2D eigenvalue weighted by Crippen LogP contribution is -2.39. The van der Waals surface area contributed by atoms with Gasteiger partial charge in [0.1, 0.15) is 6.04 Å². The molecule has 3 nitrogen and oxygen atoms in total. The van der Waals surface area contributed by atoms with E-state index in [1.807, 2.05) is 41.3 Å². The predicted octanol–water partition coefficient (Wildman–Crippen LogP) is 2.86. The van der Waals surface area contributed by atoms with Crippen LogP contribution in [0.5, 0.6) is 0 Å². The maximum Gasteiger partial charge on any atom is 0.248 e. The van der Waals surface area contributed by atoms with Crippen molar-refractivity contribution in [1.29, 1.82) is 0 Å². The Kier molecular flexibility index (Phi) is 2.44. The molecular weight excluding hydrogens is 248 g/mol. The fourth-order valence-electron chi connectivity index (χ4n) is 3.04. The Morgan fingerprint density at radius 3 is 2.35 bits per heavy atom. The smallest absolute Gasteiger partial charge is 0.248 e. The molecule has 20 heavy (non-hydrogen) atoms. The Morgan fingerprint density at radius 1 is 0.950 bits per heavy atom. The highest BCUT2D eigenvalue weighted by molar-refractivity contribution is 6.05. The van der Waals surface area contributed by atoms with Gasteiger partial charge in [0.15, 0.2) is 0 Å². The summed E-state index contributed by atoms with van der Waals surface area (Å²) in [5, 5.41) is 0. The zero-order chi connectivity index (χ0) is 13.7. The highest BCUT2D eigenvalue weighted by atomic mass is 16.2. The van der Waals surface area contributed by atoms with E-state index in [1.54, 1.807) is 0 Å². The number of carbonyl (C=O) groups excluding carboxylic acids is 1. The Hall–Kier alpha value is -2.13. The summed E-state index contributed by atoms with van der Waals surface area (Å²) < 4.78 is 0. The molecule has 100 valence electrons. The van der Waals surface area contributed by atoms with Gasteiger partial charge in [-0.1, -0.05) is 42.5 Å². The van der Waals surface area contributed by atoms with Gasteiger partial charge in [0.25, 0.3) is 0 Å². The minimum absolute atomic E-state index is 0.0184. The van der Waals surface area contributed by atoms with E-state index in [-0.39, 0.29) is 5.91 Å². The third-order valence-corrected chi connectivity index (χ3v) is 4.17. The molecule has 0 aromatic heterocycles. The average Bonchev–Trinajstić information content (AvgIpc) is 3.31. The van der Waals surface area contributed by atoms with Gasteiger partial charge in [0.05, 0.1) is 5.69 Å². The zero-order valence-corrected chi connectivity index (χ0v) is 11.1. The Bertz CT molecular complexity index is 691. The van der Waals surface area contributed by atoms with Gasteiger partial charge >= 0.3 is 0 Å². The molecule has 1 aliphatic carbocycles. The second-order valence-corrected chi connectivity index (χ2v) is 5.52. The quantitative estimate of drug-likeness (QED) is 0.861. The fourth-order valence-corrected chi connectivity index (χ4v) is 3.04. The Morgan fingerprint density at radius 2 is 1.60 bits per heavy atom. The lowest BCUT2D eigenvalue weighted by molar-refractivity contribution is -0.120. The molecule has 4 rings (SSSR count). The number of hydrogen-bond donors (Lipinski definition) is 1. The van der Waals surface area contributed by atoms with Gasteiger partial charge in [-0.3, -0.25) is 4.79 Å². The van der Waals surface area contributed by atoms with Crippen molar-refractivity contribution in [3.05, 3.63) is 54.1 Å². The van der Waals surface area contributed by atoms with E-state index in [4.69, 9.17) is 5.73 Å². The minimum atomic E-state index is -0.570. The number of hydrogen-bond acceptors (Lipinski definition) is 2. The first kappa shape index (κ1) is 11.7. The van der Waals surface area contributed by atoms with Crippen molar-refractivity contribution in [3.63, 3.8) is 0 Å². The second kappa shape index (κ2) is 4.18. The molecule has 0 spiro atoms. The van der Waals surface area contributed by atoms with Crippen molar-refractivity contribution in [2.45, 2.75) is 24.9 Å². The summed E-state index contributed by atoms with van der Waals surface area (Å²) in [5.74, 6) is 0.0184. The summed E-state index contributed by atoms with van der Waals surface area (Å²) in [6, 6.07) is 15.8. The van der Waals surface area contributed by atoms with Gasteiger partial charge in [-0.05, 0) is 30.0 Å². The van der Waals surface area contributed by atoms with Crippen LogP contribution in [0.3, 0.4) is 0 Å². The fraction of sp³-hybridized carbons (Fsp3) is 0.235. The van der Waals surface area contributed by atoms with E-state index in [9.17, 15) is 4.79 Å². The first-order valence-corrected chi connectivity index (χ1v) is 7.04. The zero-order valence-electron chi connectivity index (χ0n) is 11.1. The summed E-state index contributed by atoms with van der Waals surface area (Å²) in [6.45, 7) is 0. The summed E-state index contributed by atoms with van der Waals surface area (Å²) in [6.07, 6.45) is 2.15. The van der Waals surface area contributed by atoms with Crippen LogP contribution in [0.4, 0.5) is 5.69 Å². The largest absolute Gasteiger partial charge is 0.316 e. The highest BCUT2D eigenvalue weighted by Crippen LogP contribution is 2.43. The lowest BCUT2D eigenvalue weighted by atomic mass is 9.96. The molecule has 2 N–H and O–H groups in total. The molecule has 1 heterocycles. The van der Waals surface area contributed by atoms with Gasteiger partial charge in [0.2, 0.25) is 5.91 Å². The third-order valence-electron chi connectivity index (χ3n) is 4.17. The minimum Gasteiger partial charge on any atom is -0.316 e. The Labute approximate surface area is 118 Å². The first-order chi connectivity index (χ1) is 9.77. The normalized spacial score (nSPS) is 21.1. The van der Waals surface area contributed by atoms with Gasteiger partial charge in [0, 0.05) is 11.6 Å². The maximum atomic E-state index is 12.8. The molecule has 0 bridgehead atoms. The van der Waals surface area contributed by atoms with Crippen LogP contribution in [0.2, 0.25) is 0 Å². The van der Waals surface area contributed by atoms with Crippen LogP contribution in [-0.4, -0.2) is 11.9 Å². The number of nitrogens with zero attached hydrogens (tertiary/aromatic N) is 1. The second-order valence-electron chi connectivity index (χ2n) is 5.52. The molecule has 1 aliphatic heterocycles. The van der Waals surface area contributed by atoms with Crippen molar-refractivity contribution in [3.8, 4) is 11.1 Å². The van der Waals surface area contributed by atoms with E-state index in [0.717, 1.165) is 35.2 Å². The number of para-hydroxylation sites is 1. The number of benzene rings is 2. The summed E-state index contributed by atoms with van der Waals surface area (Å²) in [7, 11) is 0. The van der Waals surface area contributed by atoms with Crippen LogP contribution in [0.25, 0.3) is 11.1 Å². The van der Waals surface area contributed by atoms with Gasteiger partial charge in [-0.15, -0.1) is 0 Å². The van der Waals surface area contributed by atoms with E-state index in [2.05, 4.69) is 12.1 Å². The van der Waals surface area contributed by atoms with Crippen LogP contribution >= 0.6 is 0 Å². The molecule has 3 heteroatoms. The van der Waals surface area contributed by atoms with Crippen LogP contribution in [0, 0.1) is 0 Å². The van der Waals surface area contributed by atoms with E-state index >= 15 is 0 Å². The van der Waals surface area contributed by atoms with Crippen molar-refractivity contribution in [1.82, 2.24) is 0 Å². The molecule has 1 unspecified atom stereocenters. The summed E-state index contributed by atoms with van der Waals surface area (Å²) >= 11 is 0. The lowest BCUT2D eigenvalue weighted by Gasteiger charge is -2.24. The summed E-state index contributed by atoms with van der Waals surface area (Å²) in [5.41, 5.74) is 10.3. The monoisotopic (exact) mass is 264 g/mol. The van der Waals surface area contributed by atoms with Gasteiger partial charge in [-0.2, -0.15) is 0 Å². The molecule has 2 aromatic rings. The van der Waals surface area contributed by atoms with Crippen LogP contribution in [0.15, 0.2) is 48.5 Å². The Balaban J connectivity index is 2.01. The van der Waals surface area contributed by atoms with Crippen LogP contribution < -0.4 is 10.6 Å². The maximum absolute atomic E-state index is 12.8. The van der Waals surface area contributed by atoms with Gasteiger partial charge < -0.3 is 10.6 Å². The molecule has 1 saturated carbocycles. The van der Waals surface area contributed by atoms with E-state index in [0.29, 0.717) is 6.04 Å². The standard InChI is InChI=1S/C17H16N2O/c18-16-14-7-2-1-5-12(14)13-6-3-4-8-15(13)19(17(16)20)11-9-10-11/h1-8,11,16H,9-10,18H2. The highest BCUT2D eigenvalue weighted by Gasteiger charge is 2.39. The SMILES string of the molecule is NC1C(=O)N(C2CC2)c2ccccc2-c2ccccc21. The molecule has 2 aromatic carbocycles. The molecule has 0 radical (unpaired) electrons. The molecule has 1 fully saturated rings. The van der Waals surface area contributed by atoms with Crippen LogP contribution in [-0.2, 0) is 4.79 Å². The molecule has 0 saturated heterocycles. The molecule has 1 amide bonds. The molecule has 2 aliphatic rings. The number of nitrogens with two attached hydrogens (primary N) is 1. The van der Waals surface area contributed by atoms with E-state index in [1.165, 1.54) is 0 Å². The molecule has 1 atom stereocenters. The first-order valence-electron chi connectivity index (χ1n) is 7.04. The molecular formula is C17H16N2O. The summed E-state index contributed by atoms with van der Waals surface area (Å²) in [4.78, 5) is 14.7. The van der Waals surface area contributed by atoms with E-state index < -0.39 is 6.04 Å². The predicted molar refractivity (Wildman–Crippen MR) is 79.3 cm³/mol. The average molecular weight is 264 g/mol. The van der Waals surface area contributed by atoms with Crippen molar-refractivity contribution >= 4 is 11.6 Å².